The van der Waals surface area contributed by atoms with Crippen molar-refractivity contribution in [2.45, 2.75) is 46.1 Å². The van der Waals surface area contributed by atoms with Crippen molar-refractivity contribution in [3.8, 4) is 16.9 Å². The van der Waals surface area contributed by atoms with Crippen LogP contribution in [0.5, 0.6) is 5.75 Å². The lowest BCUT2D eigenvalue weighted by Crippen LogP contribution is -2.19. The Balaban J connectivity index is 0.00000186. The van der Waals surface area contributed by atoms with Crippen LogP contribution >= 0.6 is 9.24 Å². The number of hydrogen-bond acceptors (Lipinski definition) is 2. The molecule has 37 heavy (non-hydrogen) atoms. The number of ether oxygens (including phenoxy) is 2. The fraction of sp³-hybridized carbons (Fsp3) is 0.333. The van der Waals surface area contributed by atoms with E-state index in [1.54, 1.807) is 6.07 Å². The van der Waals surface area contributed by atoms with Crippen molar-refractivity contribution in [3.05, 3.63) is 82.4 Å². The summed E-state index contributed by atoms with van der Waals surface area (Å²) in [5.74, 6) is -9.11. The average molecular weight is 546 g/mol. The van der Waals surface area contributed by atoms with E-state index in [2.05, 4.69) is 20.9 Å². The molecule has 3 aromatic rings. The van der Waals surface area contributed by atoms with Gasteiger partial charge in [0.25, 0.3) is 6.36 Å². The normalized spacial score (nSPS) is 18.1. The first-order valence-electron chi connectivity index (χ1n) is 11.7. The van der Waals surface area contributed by atoms with Gasteiger partial charge in [0.1, 0.15) is 23.2 Å². The molecule has 0 saturated carbocycles. The molecule has 0 bridgehead atoms. The Hall–Kier alpha value is -2.64. The first-order valence-corrected chi connectivity index (χ1v) is 12.3. The highest BCUT2D eigenvalue weighted by Crippen LogP contribution is 2.35. The van der Waals surface area contributed by atoms with Gasteiger partial charge >= 0.3 is 0 Å². The molecule has 10 heteroatoms. The number of hydrogen-bond donors (Lipinski definition) is 0. The summed E-state index contributed by atoms with van der Waals surface area (Å²) in [4.78, 5) is 0. The van der Waals surface area contributed by atoms with Crippen molar-refractivity contribution in [3.63, 3.8) is 0 Å². The summed E-state index contributed by atoms with van der Waals surface area (Å²) in [6.07, 6.45) is -1.49. The Morgan fingerprint density at radius 3 is 1.95 bits per heavy atom. The van der Waals surface area contributed by atoms with Gasteiger partial charge in [-0.05, 0) is 59.5 Å². The Morgan fingerprint density at radius 1 is 0.838 bits per heavy atom. The van der Waals surface area contributed by atoms with Gasteiger partial charge in [0.15, 0.2) is 17.5 Å². The van der Waals surface area contributed by atoms with Crippen molar-refractivity contribution in [2.75, 3.05) is 6.61 Å². The second-order valence-corrected chi connectivity index (χ2v) is 9.08. The molecule has 4 atom stereocenters. The second-order valence-electron chi connectivity index (χ2n) is 8.46. The largest absolute Gasteiger partial charge is 0.456 e. The van der Waals surface area contributed by atoms with Crippen LogP contribution in [0.2, 0.25) is 0 Å². The molecule has 0 aliphatic carbocycles. The summed E-state index contributed by atoms with van der Waals surface area (Å²) >= 11 is 0. The van der Waals surface area contributed by atoms with Crippen LogP contribution in [0.3, 0.4) is 0 Å². The molecule has 1 aliphatic heterocycles. The van der Waals surface area contributed by atoms with Crippen molar-refractivity contribution in [1.29, 1.82) is 0 Å². The van der Waals surface area contributed by atoms with E-state index < -0.39 is 52.6 Å². The molecule has 0 N–H and O–H groups in total. The lowest BCUT2D eigenvalue weighted by molar-refractivity contribution is -0.0124. The summed E-state index contributed by atoms with van der Waals surface area (Å²) in [6.45, 7) is 6.60. The van der Waals surface area contributed by atoms with Gasteiger partial charge in [-0.1, -0.05) is 20.8 Å². The maximum atomic E-state index is 15.0. The van der Waals surface area contributed by atoms with Crippen molar-refractivity contribution < 1.29 is 40.2 Å². The number of benzene rings is 3. The molecule has 4 unspecified atom stereocenters. The average Bonchev–Trinajstić information content (AvgIpc) is 2.83. The van der Waals surface area contributed by atoms with Crippen LogP contribution < -0.4 is 10.0 Å². The van der Waals surface area contributed by atoms with Gasteiger partial charge in [0.2, 0.25) is 0 Å². The van der Waals surface area contributed by atoms with E-state index in [1.165, 1.54) is 6.07 Å². The molecular weight excluding hydrogens is 520 g/mol. The number of rotatable bonds is 5. The molecular formula is C27H26F7O2P. The minimum absolute atomic E-state index is 0.105. The molecule has 1 heterocycles. The van der Waals surface area contributed by atoms with Crippen LogP contribution in [0.15, 0.2) is 36.4 Å². The predicted octanol–water partition coefficient (Wildman–Crippen LogP) is 8.25. The van der Waals surface area contributed by atoms with E-state index in [-0.39, 0.29) is 17.2 Å². The highest BCUT2D eigenvalue weighted by atomic mass is 31.0. The van der Waals surface area contributed by atoms with E-state index in [4.69, 9.17) is 4.74 Å². The summed E-state index contributed by atoms with van der Waals surface area (Å²) < 4.78 is 109. The van der Waals surface area contributed by atoms with Gasteiger partial charge in [-0.2, -0.15) is 4.39 Å². The monoisotopic (exact) mass is 546 g/mol. The van der Waals surface area contributed by atoms with Crippen LogP contribution in [-0.4, -0.2) is 6.61 Å². The molecule has 200 valence electrons. The molecule has 0 spiro atoms. The highest BCUT2D eigenvalue weighted by Gasteiger charge is 2.26. The maximum absolute atomic E-state index is 15.0. The summed E-state index contributed by atoms with van der Waals surface area (Å²) in [7, 11) is 2.31. The summed E-state index contributed by atoms with van der Waals surface area (Å²) in [5.41, 5.74) is -0.893. The fourth-order valence-corrected chi connectivity index (χ4v) is 4.51. The molecule has 0 amide bonds. The summed E-state index contributed by atoms with van der Waals surface area (Å²) in [5, 5.41) is 0.319. The zero-order chi connectivity index (χ0) is 27.4. The minimum Gasteiger partial charge on any atom is -0.456 e. The minimum atomic E-state index is -2.82. The van der Waals surface area contributed by atoms with E-state index in [9.17, 15) is 26.3 Å². The zero-order valence-corrected chi connectivity index (χ0v) is 21.5. The summed E-state index contributed by atoms with van der Waals surface area (Å²) in [6, 6.07) is 5.01. The second kappa shape index (κ2) is 12.3. The van der Waals surface area contributed by atoms with Crippen molar-refractivity contribution in [1.82, 2.24) is 0 Å². The number of halogens is 7. The zero-order valence-electron chi connectivity index (χ0n) is 20.4. The van der Waals surface area contributed by atoms with Gasteiger partial charge in [-0.3, -0.25) is 0 Å². The molecule has 4 rings (SSSR count). The third kappa shape index (κ3) is 6.44. The van der Waals surface area contributed by atoms with E-state index in [0.29, 0.717) is 41.9 Å². The van der Waals surface area contributed by atoms with Crippen LogP contribution in [0.25, 0.3) is 11.1 Å². The molecule has 1 fully saturated rings. The first-order chi connectivity index (χ1) is 17.5. The van der Waals surface area contributed by atoms with Crippen LogP contribution in [0, 0.1) is 40.8 Å². The van der Waals surface area contributed by atoms with Gasteiger partial charge in [-0.25, -0.2) is 26.3 Å². The Kier molecular flexibility index (Phi) is 9.59. The van der Waals surface area contributed by atoms with E-state index >= 15 is 4.39 Å². The highest BCUT2D eigenvalue weighted by molar-refractivity contribution is 7.28. The van der Waals surface area contributed by atoms with Gasteiger partial charge in [0, 0.05) is 24.3 Å². The topological polar surface area (TPSA) is 18.5 Å². The molecule has 2 nitrogen and oxygen atoms in total. The molecule has 1 aliphatic rings. The van der Waals surface area contributed by atoms with Gasteiger partial charge in [-0.15, -0.1) is 9.24 Å². The fourth-order valence-electron chi connectivity index (χ4n) is 4.01. The lowest BCUT2D eigenvalue weighted by Gasteiger charge is -2.27. The van der Waals surface area contributed by atoms with Gasteiger partial charge < -0.3 is 9.47 Å². The third-order valence-corrected chi connectivity index (χ3v) is 6.27. The Labute approximate surface area is 213 Å². The van der Waals surface area contributed by atoms with Crippen molar-refractivity contribution in [2.24, 2.45) is 5.92 Å². The maximum Gasteiger partial charge on any atom is 0.269 e. The van der Waals surface area contributed by atoms with Gasteiger partial charge in [0.05, 0.1) is 11.7 Å². The molecule has 0 aromatic heterocycles. The standard InChI is InChI=1S/C25H20F7O2P.C2H6/c1-11-2-3-20(33-10-11)12-4-15(26)22(21(35)7-12)13-5-16(27)23(17(28)6-13)25(32)34-14-8-18(29)24(31)19(30)9-14;1-2/h4-9,11,20,25H,2-3,10,35H2,1H3;1-2H3. The third-order valence-electron chi connectivity index (χ3n) is 5.81. The van der Waals surface area contributed by atoms with Crippen LogP contribution in [0.4, 0.5) is 30.7 Å². The SMILES string of the molecule is CC.CC1CCC(c2cc(F)c(-c3cc(F)c(C(F)Oc4cc(F)c(F)c(F)c4)c(F)c3)c(P)c2)OC1. The van der Waals surface area contributed by atoms with Crippen LogP contribution in [0.1, 0.15) is 57.2 Å². The van der Waals surface area contributed by atoms with Crippen molar-refractivity contribution >= 4 is 14.5 Å². The molecule has 1 saturated heterocycles. The smallest absolute Gasteiger partial charge is 0.269 e. The predicted molar refractivity (Wildman–Crippen MR) is 130 cm³/mol. The molecule has 0 radical (unpaired) electrons. The quantitative estimate of drug-likeness (QED) is 0.182. The lowest BCUT2D eigenvalue weighted by atomic mass is 9.94. The Bertz CT molecular complexity index is 1190. The van der Waals surface area contributed by atoms with Crippen LogP contribution in [-0.2, 0) is 4.74 Å². The number of alkyl halides is 1. The first kappa shape index (κ1) is 28.9. The van der Waals surface area contributed by atoms with E-state index in [1.807, 2.05) is 13.8 Å². The molecule has 3 aromatic carbocycles. The Morgan fingerprint density at radius 2 is 1.43 bits per heavy atom. The van der Waals surface area contributed by atoms with E-state index in [0.717, 1.165) is 18.6 Å².